The van der Waals surface area contributed by atoms with Crippen molar-refractivity contribution in [2.24, 2.45) is 5.92 Å². The minimum absolute atomic E-state index is 0.101. The molecule has 1 saturated carbocycles. The average Bonchev–Trinajstić information content (AvgIpc) is 3.45. The standard InChI is InChI=1S/C26H46N2O3/c1-20-24(4,5)27-23(2,3)19-26(20)22(29)28(17-21-18-30-21)25(31-26)15-13-11-9-7-6-8-10-12-14-16-25/h20-21,27H,6-19H2,1-5H3. The summed E-state index contributed by atoms with van der Waals surface area (Å²) in [4.78, 5) is 16.5. The third-order valence-electron chi connectivity index (χ3n) is 8.54. The van der Waals surface area contributed by atoms with Crippen LogP contribution < -0.4 is 5.32 Å². The van der Waals surface area contributed by atoms with Crippen LogP contribution in [0.15, 0.2) is 0 Å². The molecule has 0 aromatic heterocycles. The number of hydrogen-bond donors (Lipinski definition) is 1. The highest BCUT2D eigenvalue weighted by Gasteiger charge is 2.67. The van der Waals surface area contributed by atoms with Gasteiger partial charge in [0.15, 0.2) is 5.60 Å². The van der Waals surface area contributed by atoms with Crippen molar-refractivity contribution in [3.05, 3.63) is 0 Å². The van der Waals surface area contributed by atoms with Crippen molar-refractivity contribution in [2.75, 3.05) is 13.2 Å². The largest absolute Gasteiger partial charge is 0.371 e. The lowest BCUT2D eigenvalue weighted by atomic mass is 9.65. The second kappa shape index (κ2) is 8.61. The Morgan fingerprint density at radius 1 is 0.935 bits per heavy atom. The smallest absolute Gasteiger partial charge is 0.257 e. The summed E-state index contributed by atoms with van der Waals surface area (Å²) < 4.78 is 12.9. The van der Waals surface area contributed by atoms with E-state index in [1.165, 1.54) is 44.9 Å². The van der Waals surface area contributed by atoms with Gasteiger partial charge in [0.1, 0.15) is 5.72 Å². The molecule has 1 amide bonds. The molecule has 31 heavy (non-hydrogen) atoms. The summed E-state index contributed by atoms with van der Waals surface area (Å²) in [5.74, 6) is 0.328. The van der Waals surface area contributed by atoms with Crippen LogP contribution in [0.2, 0.25) is 0 Å². The lowest BCUT2D eigenvalue weighted by molar-refractivity contribution is -0.196. The van der Waals surface area contributed by atoms with Gasteiger partial charge in [0.25, 0.3) is 5.91 Å². The number of nitrogens with zero attached hydrogens (tertiary/aromatic N) is 1. The van der Waals surface area contributed by atoms with E-state index < -0.39 is 11.3 Å². The van der Waals surface area contributed by atoms with Crippen LogP contribution in [0.4, 0.5) is 0 Å². The highest BCUT2D eigenvalue weighted by atomic mass is 16.6. The minimum Gasteiger partial charge on any atom is -0.371 e. The number of epoxide rings is 1. The van der Waals surface area contributed by atoms with Gasteiger partial charge in [-0.1, -0.05) is 51.9 Å². The van der Waals surface area contributed by atoms with E-state index in [-0.39, 0.29) is 29.0 Å². The molecule has 5 heteroatoms. The summed E-state index contributed by atoms with van der Waals surface area (Å²) in [6.45, 7) is 12.6. The number of nitrogens with one attached hydrogen (secondary N) is 1. The fraction of sp³-hybridized carbons (Fsp3) is 0.962. The van der Waals surface area contributed by atoms with Gasteiger partial charge in [-0.15, -0.1) is 0 Å². The summed E-state index contributed by atoms with van der Waals surface area (Å²) in [5.41, 5.74) is -1.52. The van der Waals surface area contributed by atoms with Crippen molar-refractivity contribution < 1.29 is 14.3 Å². The number of amides is 1. The summed E-state index contributed by atoms with van der Waals surface area (Å²) in [5, 5.41) is 3.79. The molecule has 4 aliphatic rings. The number of piperidine rings is 1. The highest BCUT2D eigenvalue weighted by Crippen LogP contribution is 2.53. The molecule has 0 aromatic rings. The molecule has 0 aromatic carbocycles. The Balaban J connectivity index is 1.68. The van der Waals surface area contributed by atoms with Gasteiger partial charge >= 0.3 is 0 Å². The van der Waals surface area contributed by atoms with E-state index in [2.05, 4.69) is 44.8 Å². The average molecular weight is 435 g/mol. The van der Waals surface area contributed by atoms with E-state index in [0.29, 0.717) is 6.54 Å². The van der Waals surface area contributed by atoms with Crippen LogP contribution in [0.25, 0.3) is 0 Å². The normalized spacial score (nSPS) is 38.1. The molecule has 2 spiro atoms. The third kappa shape index (κ3) is 4.70. The van der Waals surface area contributed by atoms with Crippen LogP contribution in [0, 0.1) is 5.92 Å². The van der Waals surface area contributed by atoms with E-state index in [4.69, 9.17) is 9.47 Å². The molecule has 0 bridgehead atoms. The topological polar surface area (TPSA) is 54.1 Å². The highest BCUT2D eigenvalue weighted by molar-refractivity contribution is 5.89. The second-order valence-electron chi connectivity index (χ2n) is 12.1. The fourth-order valence-corrected chi connectivity index (χ4v) is 6.82. The monoisotopic (exact) mass is 434 g/mol. The Bertz CT molecular complexity index is 645. The molecule has 1 aliphatic carbocycles. The Morgan fingerprint density at radius 3 is 1.97 bits per heavy atom. The van der Waals surface area contributed by atoms with Crippen LogP contribution in [0.3, 0.4) is 0 Å². The first-order valence-corrected chi connectivity index (χ1v) is 13.0. The van der Waals surface area contributed by atoms with E-state index in [9.17, 15) is 4.79 Å². The summed E-state index contributed by atoms with van der Waals surface area (Å²) in [6, 6.07) is 0. The molecular formula is C26H46N2O3. The first-order chi connectivity index (χ1) is 14.6. The van der Waals surface area contributed by atoms with Crippen LogP contribution in [-0.2, 0) is 14.3 Å². The molecule has 3 aliphatic heterocycles. The van der Waals surface area contributed by atoms with Crippen molar-refractivity contribution in [1.29, 1.82) is 0 Å². The predicted molar refractivity (Wildman–Crippen MR) is 124 cm³/mol. The van der Waals surface area contributed by atoms with Crippen LogP contribution in [0.1, 0.15) is 112 Å². The van der Waals surface area contributed by atoms with Gasteiger partial charge < -0.3 is 19.7 Å². The van der Waals surface area contributed by atoms with Crippen LogP contribution in [-0.4, -0.2) is 52.5 Å². The zero-order valence-corrected chi connectivity index (χ0v) is 20.7. The number of carbonyl (C=O) groups is 1. The first-order valence-electron chi connectivity index (χ1n) is 13.0. The van der Waals surface area contributed by atoms with Crippen molar-refractivity contribution in [2.45, 2.75) is 140 Å². The Kier molecular flexibility index (Phi) is 6.53. The van der Waals surface area contributed by atoms with E-state index in [1.807, 2.05) is 0 Å². The van der Waals surface area contributed by atoms with E-state index >= 15 is 0 Å². The molecule has 4 rings (SSSR count). The summed E-state index contributed by atoms with van der Waals surface area (Å²) in [7, 11) is 0. The zero-order valence-electron chi connectivity index (χ0n) is 20.7. The number of hydrogen-bond acceptors (Lipinski definition) is 4. The lowest BCUT2D eigenvalue weighted by Gasteiger charge is -2.54. The fourth-order valence-electron chi connectivity index (χ4n) is 6.82. The Hall–Kier alpha value is -0.650. The second-order valence-corrected chi connectivity index (χ2v) is 12.1. The molecule has 3 heterocycles. The lowest BCUT2D eigenvalue weighted by Crippen LogP contribution is -2.70. The molecular weight excluding hydrogens is 388 g/mol. The molecule has 178 valence electrons. The predicted octanol–water partition coefficient (Wildman–Crippen LogP) is 5.17. The van der Waals surface area contributed by atoms with Gasteiger partial charge in [-0.3, -0.25) is 4.79 Å². The van der Waals surface area contributed by atoms with Crippen LogP contribution >= 0.6 is 0 Å². The van der Waals surface area contributed by atoms with Crippen molar-refractivity contribution in [3.8, 4) is 0 Å². The Labute approximate surface area is 190 Å². The molecule has 4 fully saturated rings. The Morgan fingerprint density at radius 2 is 1.45 bits per heavy atom. The van der Waals surface area contributed by atoms with Crippen molar-refractivity contribution >= 4 is 5.91 Å². The minimum atomic E-state index is -0.746. The van der Waals surface area contributed by atoms with Crippen LogP contribution in [0.5, 0.6) is 0 Å². The van der Waals surface area contributed by atoms with Crippen molar-refractivity contribution in [3.63, 3.8) is 0 Å². The van der Waals surface area contributed by atoms with Gasteiger partial charge in [-0.05, 0) is 53.4 Å². The number of ether oxygens (including phenoxy) is 2. The van der Waals surface area contributed by atoms with Gasteiger partial charge in [0.2, 0.25) is 0 Å². The number of rotatable bonds is 2. The van der Waals surface area contributed by atoms with E-state index in [1.54, 1.807) is 0 Å². The third-order valence-corrected chi connectivity index (χ3v) is 8.54. The maximum absolute atomic E-state index is 14.3. The molecule has 3 atom stereocenters. The summed E-state index contributed by atoms with van der Waals surface area (Å²) in [6.07, 6.45) is 14.3. The number of carbonyl (C=O) groups excluding carboxylic acids is 1. The molecule has 5 nitrogen and oxygen atoms in total. The maximum atomic E-state index is 14.3. The van der Waals surface area contributed by atoms with Gasteiger partial charge in [-0.25, -0.2) is 0 Å². The summed E-state index contributed by atoms with van der Waals surface area (Å²) >= 11 is 0. The first kappa shape index (κ1) is 23.5. The molecule has 1 N–H and O–H groups in total. The van der Waals surface area contributed by atoms with E-state index in [0.717, 1.165) is 38.7 Å². The molecule has 0 radical (unpaired) electrons. The van der Waals surface area contributed by atoms with Crippen molar-refractivity contribution in [1.82, 2.24) is 10.2 Å². The quantitative estimate of drug-likeness (QED) is 0.609. The molecule has 3 saturated heterocycles. The SMILES string of the molecule is CC1C(C)(C)NC(C)(C)CC12OC1(CCCCCCCCCCC1)N(CC1CO1)C2=O. The zero-order chi connectivity index (χ0) is 22.3. The van der Waals surface area contributed by atoms with Gasteiger partial charge in [0.05, 0.1) is 19.3 Å². The molecule has 3 unspecified atom stereocenters. The van der Waals surface area contributed by atoms with Gasteiger partial charge in [0, 0.05) is 23.4 Å². The van der Waals surface area contributed by atoms with Gasteiger partial charge in [-0.2, -0.15) is 0 Å². The maximum Gasteiger partial charge on any atom is 0.257 e.